The standard InChI is InChI=1S/C19H19ClN4O2S/c1-19(2)7-13-14(9-26-19)27-17-15(13)16-21-10-22-24(16)18(25)23(17)8-11-3-5-12(20)6-4-11/h3,5,10H,4,6-9H2,1-2H3. The van der Waals surface area contributed by atoms with Gasteiger partial charge in [-0.1, -0.05) is 17.7 Å². The molecule has 0 unspecified atom stereocenters. The molecule has 4 heterocycles. The number of hydrogen-bond donors (Lipinski definition) is 0. The van der Waals surface area contributed by atoms with Gasteiger partial charge in [-0.15, -0.1) is 11.3 Å². The number of rotatable bonds is 2. The predicted molar refractivity (Wildman–Crippen MR) is 106 cm³/mol. The van der Waals surface area contributed by atoms with E-state index in [1.807, 2.05) is 16.7 Å². The van der Waals surface area contributed by atoms with Crippen LogP contribution in [0.1, 0.15) is 37.1 Å². The minimum Gasteiger partial charge on any atom is -0.370 e. The van der Waals surface area contributed by atoms with Gasteiger partial charge in [0.2, 0.25) is 0 Å². The second kappa shape index (κ2) is 6.02. The molecule has 0 bridgehead atoms. The Bertz CT molecular complexity index is 1200. The highest BCUT2D eigenvalue weighted by molar-refractivity contribution is 7.19. The zero-order chi connectivity index (χ0) is 18.8. The number of fused-ring (bicyclic) bond motifs is 5. The summed E-state index contributed by atoms with van der Waals surface area (Å²) in [4.78, 5) is 19.6. The molecule has 0 saturated heterocycles. The highest BCUT2D eigenvalue weighted by Gasteiger charge is 2.31. The molecule has 140 valence electrons. The Labute approximate surface area is 164 Å². The number of nitrogens with zero attached hydrogens (tertiary/aromatic N) is 4. The van der Waals surface area contributed by atoms with Gasteiger partial charge in [0.05, 0.1) is 17.6 Å². The Balaban J connectivity index is 1.76. The normalized spacial score (nSPS) is 19.2. The van der Waals surface area contributed by atoms with E-state index >= 15 is 0 Å². The molecule has 3 aromatic heterocycles. The van der Waals surface area contributed by atoms with Crippen LogP contribution in [0.5, 0.6) is 0 Å². The third kappa shape index (κ3) is 2.76. The van der Waals surface area contributed by atoms with Crippen LogP contribution >= 0.6 is 22.9 Å². The van der Waals surface area contributed by atoms with E-state index in [1.165, 1.54) is 26.9 Å². The Morgan fingerprint density at radius 1 is 1.33 bits per heavy atom. The van der Waals surface area contributed by atoms with Crippen molar-refractivity contribution in [2.24, 2.45) is 0 Å². The minimum atomic E-state index is -0.230. The quantitative estimate of drug-likeness (QED) is 0.654. The molecule has 0 atom stereocenters. The third-order valence-electron chi connectivity index (χ3n) is 5.24. The topological polar surface area (TPSA) is 61.4 Å². The fraction of sp³-hybridized carbons (Fsp3) is 0.421. The van der Waals surface area contributed by atoms with Crippen molar-refractivity contribution >= 4 is 38.8 Å². The van der Waals surface area contributed by atoms with Crippen LogP contribution in [-0.2, 0) is 24.3 Å². The molecule has 5 rings (SSSR count). The van der Waals surface area contributed by atoms with Crippen LogP contribution in [0.15, 0.2) is 33.9 Å². The zero-order valence-electron chi connectivity index (χ0n) is 15.2. The van der Waals surface area contributed by atoms with Gasteiger partial charge >= 0.3 is 5.69 Å². The first-order chi connectivity index (χ1) is 12.9. The number of ether oxygens (including phenoxy) is 1. The lowest BCUT2D eigenvalue weighted by molar-refractivity contribution is -0.0379. The molecule has 0 amide bonds. The maximum Gasteiger partial charge on any atom is 0.352 e. The van der Waals surface area contributed by atoms with Crippen LogP contribution in [-0.4, -0.2) is 24.8 Å². The van der Waals surface area contributed by atoms with Gasteiger partial charge in [-0.2, -0.15) is 9.61 Å². The fourth-order valence-electron chi connectivity index (χ4n) is 3.84. The predicted octanol–water partition coefficient (Wildman–Crippen LogP) is 3.80. The van der Waals surface area contributed by atoms with Crippen molar-refractivity contribution < 1.29 is 4.74 Å². The van der Waals surface area contributed by atoms with E-state index in [-0.39, 0.29) is 11.3 Å². The molecule has 3 aromatic rings. The maximum atomic E-state index is 13.1. The molecule has 27 heavy (non-hydrogen) atoms. The summed E-state index contributed by atoms with van der Waals surface area (Å²) in [6.45, 7) is 5.30. The smallest absolute Gasteiger partial charge is 0.352 e. The molecule has 1 aliphatic heterocycles. The number of allylic oxidation sites excluding steroid dienone is 4. The highest BCUT2D eigenvalue weighted by Crippen LogP contribution is 2.40. The molecule has 6 nitrogen and oxygen atoms in total. The van der Waals surface area contributed by atoms with Crippen molar-refractivity contribution in [3.63, 3.8) is 0 Å². The van der Waals surface area contributed by atoms with Crippen LogP contribution in [0.25, 0.3) is 15.9 Å². The monoisotopic (exact) mass is 402 g/mol. The lowest BCUT2D eigenvalue weighted by atomic mass is 9.94. The number of thiophene rings is 1. The van der Waals surface area contributed by atoms with Crippen LogP contribution in [0, 0.1) is 0 Å². The number of aromatic nitrogens is 4. The minimum absolute atomic E-state index is 0.157. The summed E-state index contributed by atoms with van der Waals surface area (Å²) < 4.78 is 9.24. The van der Waals surface area contributed by atoms with Crippen LogP contribution in [0.4, 0.5) is 0 Å². The first-order valence-corrected chi connectivity index (χ1v) is 10.2. The van der Waals surface area contributed by atoms with Gasteiger partial charge in [-0.25, -0.2) is 9.78 Å². The van der Waals surface area contributed by atoms with Crippen molar-refractivity contribution in [2.45, 2.75) is 51.9 Å². The van der Waals surface area contributed by atoms with Gasteiger partial charge in [0, 0.05) is 22.9 Å². The molecule has 0 N–H and O–H groups in total. The molecular weight excluding hydrogens is 384 g/mol. The third-order valence-corrected chi connectivity index (χ3v) is 6.79. The zero-order valence-corrected chi connectivity index (χ0v) is 16.7. The van der Waals surface area contributed by atoms with E-state index in [2.05, 4.69) is 23.9 Å². The Morgan fingerprint density at radius 2 is 2.19 bits per heavy atom. The largest absolute Gasteiger partial charge is 0.370 e. The Hall–Kier alpha value is -1.96. The highest BCUT2D eigenvalue weighted by atomic mass is 35.5. The molecule has 1 aliphatic carbocycles. The van der Waals surface area contributed by atoms with Crippen LogP contribution in [0.2, 0.25) is 0 Å². The number of halogens is 1. The molecule has 0 fully saturated rings. The summed E-state index contributed by atoms with van der Waals surface area (Å²) >= 11 is 7.72. The summed E-state index contributed by atoms with van der Waals surface area (Å²) in [5.41, 5.74) is 2.67. The van der Waals surface area contributed by atoms with Crippen molar-refractivity contribution in [3.8, 4) is 0 Å². The lowest BCUT2D eigenvalue weighted by Gasteiger charge is -2.30. The fourth-order valence-corrected chi connectivity index (χ4v) is 5.22. The molecule has 0 aromatic carbocycles. The van der Waals surface area contributed by atoms with Gasteiger partial charge in [0.15, 0.2) is 5.65 Å². The average Bonchev–Trinajstić information content (AvgIpc) is 3.23. The first kappa shape index (κ1) is 17.2. The van der Waals surface area contributed by atoms with E-state index in [0.717, 1.165) is 34.5 Å². The molecule has 8 heteroatoms. The summed E-state index contributed by atoms with van der Waals surface area (Å²) in [5.74, 6) is 0. The van der Waals surface area contributed by atoms with Gasteiger partial charge < -0.3 is 4.74 Å². The summed E-state index contributed by atoms with van der Waals surface area (Å²) in [5, 5.41) is 6.08. The van der Waals surface area contributed by atoms with Crippen molar-refractivity contribution in [2.75, 3.05) is 0 Å². The Kier molecular flexibility index (Phi) is 3.83. The molecule has 0 spiro atoms. The summed E-state index contributed by atoms with van der Waals surface area (Å²) in [7, 11) is 0. The van der Waals surface area contributed by atoms with Crippen molar-refractivity contribution in [3.05, 3.63) is 50.0 Å². The average molecular weight is 403 g/mol. The maximum absolute atomic E-state index is 13.1. The van der Waals surface area contributed by atoms with E-state index in [1.54, 1.807) is 11.3 Å². The second-order valence-corrected chi connectivity index (χ2v) is 9.28. The number of hydrogen-bond acceptors (Lipinski definition) is 5. The summed E-state index contributed by atoms with van der Waals surface area (Å²) in [6.07, 6.45) is 7.88. The van der Waals surface area contributed by atoms with E-state index < -0.39 is 0 Å². The second-order valence-electron chi connectivity index (χ2n) is 7.71. The van der Waals surface area contributed by atoms with E-state index in [9.17, 15) is 4.79 Å². The lowest BCUT2D eigenvalue weighted by Crippen LogP contribution is -2.31. The molecule has 0 saturated carbocycles. The Morgan fingerprint density at radius 3 is 2.96 bits per heavy atom. The van der Waals surface area contributed by atoms with E-state index in [0.29, 0.717) is 18.8 Å². The SMILES string of the molecule is CC1(C)Cc2c(sc3c2c2ncnn2c(=O)n3CC2=CC=C(Cl)CC2)CO1. The van der Waals surface area contributed by atoms with Crippen LogP contribution in [0.3, 0.4) is 0 Å². The molecule has 2 aliphatic rings. The summed E-state index contributed by atoms with van der Waals surface area (Å²) in [6, 6.07) is 0. The van der Waals surface area contributed by atoms with Crippen molar-refractivity contribution in [1.29, 1.82) is 0 Å². The molecule has 0 radical (unpaired) electrons. The van der Waals surface area contributed by atoms with Crippen LogP contribution < -0.4 is 5.69 Å². The van der Waals surface area contributed by atoms with Gasteiger partial charge in [-0.3, -0.25) is 4.57 Å². The van der Waals surface area contributed by atoms with E-state index in [4.69, 9.17) is 16.3 Å². The molecular formula is C19H19ClN4O2S. The van der Waals surface area contributed by atoms with Gasteiger partial charge in [0.25, 0.3) is 0 Å². The van der Waals surface area contributed by atoms with Gasteiger partial charge in [-0.05, 0) is 43.9 Å². The van der Waals surface area contributed by atoms with Gasteiger partial charge in [0.1, 0.15) is 11.2 Å². The first-order valence-electron chi connectivity index (χ1n) is 8.98. The van der Waals surface area contributed by atoms with Crippen molar-refractivity contribution in [1.82, 2.24) is 19.2 Å².